The number of carbonyl (C=O) groups excluding carboxylic acids is 2. The summed E-state index contributed by atoms with van der Waals surface area (Å²) in [5.74, 6) is 0.375. The van der Waals surface area contributed by atoms with E-state index in [9.17, 15) is 9.59 Å². The number of fused-ring (bicyclic) bond motifs is 1. The molecule has 8 heteroatoms. The maximum Gasteiger partial charge on any atom is 0.253 e. The summed E-state index contributed by atoms with van der Waals surface area (Å²) in [6.45, 7) is 8.04. The minimum atomic E-state index is 0.0181. The van der Waals surface area contributed by atoms with Crippen molar-refractivity contribution in [3.8, 4) is 0 Å². The van der Waals surface area contributed by atoms with Gasteiger partial charge in [-0.2, -0.15) is 5.10 Å². The number of nitrogens with one attached hydrogen (secondary N) is 1. The number of thiazole rings is 1. The van der Waals surface area contributed by atoms with Crippen molar-refractivity contribution in [1.29, 1.82) is 0 Å². The number of piperidine rings is 1. The van der Waals surface area contributed by atoms with Crippen molar-refractivity contribution in [2.75, 3.05) is 18.4 Å². The molecule has 1 aromatic carbocycles. The van der Waals surface area contributed by atoms with Crippen LogP contribution < -0.4 is 5.32 Å². The molecule has 3 heterocycles. The van der Waals surface area contributed by atoms with E-state index in [1.807, 2.05) is 54.7 Å². The minimum absolute atomic E-state index is 0.0181. The number of benzene rings is 1. The fourth-order valence-corrected chi connectivity index (χ4v) is 4.83. The molecule has 1 N–H and O–H groups in total. The number of aromatic nitrogens is 3. The summed E-state index contributed by atoms with van der Waals surface area (Å²) in [6, 6.07) is 5.73. The van der Waals surface area contributed by atoms with Gasteiger partial charge in [0, 0.05) is 37.8 Å². The van der Waals surface area contributed by atoms with E-state index in [0.717, 1.165) is 46.0 Å². The zero-order valence-electron chi connectivity index (χ0n) is 17.6. The summed E-state index contributed by atoms with van der Waals surface area (Å²) in [7, 11) is 0. The SMILES string of the molecule is CCn1cc(NC(=O)CC2CCN(C(=O)c3ccc4nc(C)sc4c3)CC2)c(C)n1. The van der Waals surface area contributed by atoms with Gasteiger partial charge in [-0.05, 0) is 57.7 Å². The highest BCUT2D eigenvalue weighted by Gasteiger charge is 2.25. The van der Waals surface area contributed by atoms with Gasteiger partial charge in [-0.15, -0.1) is 11.3 Å². The first-order valence-electron chi connectivity index (χ1n) is 10.4. The minimum Gasteiger partial charge on any atom is -0.339 e. The van der Waals surface area contributed by atoms with Crippen LogP contribution >= 0.6 is 11.3 Å². The molecular weight excluding hydrogens is 398 g/mol. The molecule has 1 saturated heterocycles. The van der Waals surface area contributed by atoms with Crippen LogP contribution in [0.3, 0.4) is 0 Å². The number of hydrogen-bond donors (Lipinski definition) is 1. The number of nitrogens with zero attached hydrogens (tertiary/aromatic N) is 4. The Morgan fingerprint density at radius 3 is 2.70 bits per heavy atom. The highest BCUT2D eigenvalue weighted by Crippen LogP contribution is 2.26. The lowest BCUT2D eigenvalue weighted by Gasteiger charge is -2.31. The fraction of sp³-hybridized carbons (Fsp3) is 0.455. The number of aryl methyl sites for hydroxylation is 3. The number of rotatable bonds is 5. The van der Waals surface area contributed by atoms with Gasteiger partial charge in [-0.25, -0.2) is 4.98 Å². The quantitative estimate of drug-likeness (QED) is 0.670. The molecule has 0 aliphatic carbocycles. The Balaban J connectivity index is 1.31. The normalized spacial score (nSPS) is 15.0. The number of amides is 2. The van der Waals surface area contributed by atoms with E-state index >= 15 is 0 Å². The van der Waals surface area contributed by atoms with Crippen LogP contribution in [0.4, 0.5) is 5.69 Å². The maximum absolute atomic E-state index is 12.9. The largest absolute Gasteiger partial charge is 0.339 e. The van der Waals surface area contributed by atoms with Gasteiger partial charge in [0.15, 0.2) is 0 Å². The molecule has 0 radical (unpaired) electrons. The second-order valence-corrected chi connectivity index (χ2v) is 9.12. The number of anilines is 1. The second kappa shape index (κ2) is 8.55. The highest BCUT2D eigenvalue weighted by atomic mass is 32.1. The fourth-order valence-electron chi connectivity index (χ4n) is 3.96. The summed E-state index contributed by atoms with van der Waals surface area (Å²) in [4.78, 5) is 31.7. The first kappa shape index (κ1) is 20.5. The summed E-state index contributed by atoms with van der Waals surface area (Å²) < 4.78 is 2.87. The van der Waals surface area contributed by atoms with E-state index in [2.05, 4.69) is 15.4 Å². The molecule has 0 spiro atoms. The van der Waals surface area contributed by atoms with Crippen molar-refractivity contribution in [3.63, 3.8) is 0 Å². The molecule has 1 aliphatic heterocycles. The zero-order valence-corrected chi connectivity index (χ0v) is 18.5. The Morgan fingerprint density at radius 1 is 1.23 bits per heavy atom. The molecule has 2 aromatic heterocycles. The van der Waals surface area contributed by atoms with Crippen LogP contribution in [0, 0.1) is 19.8 Å². The lowest BCUT2D eigenvalue weighted by molar-refractivity contribution is -0.117. The van der Waals surface area contributed by atoms with Crippen LogP contribution in [0.25, 0.3) is 10.2 Å². The van der Waals surface area contributed by atoms with Crippen LogP contribution in [-0.4, -0.2) is 44.6 Å². The van der Waals surface area contributed by atoms with Gasteiger partial charge in [-0.1, -0.05) is 0 Å². The Bertz CT molecular complexity index is 1080. The van der Waals surface area contributed by atoms with Crippen LogP contribution in [-0.2, 0) is 11.3 Å². The zero-order chi connectivity index (χ0) is 21.3. The Kier molecular flexibility index (Phi) is 5.85. The number of carbonyl (C=O) groups is 2. The Morgan fingerprint density at radius 2 is 2.00 bits per heavy atom. The standard InChI is InChI=1S/C22H27N5O2S/c1-4-27-13-19(14(2)25-27)24-21(28)11-16-7-9-26(10-8-16)22(29)17-5-6-18-20(12-17)30-15(3)23-18/h5-6,12-13,16H,4,7-11H2,1-3H3,(H,24,28). The third-order valence-corrected chi connectivity index (χ3v) is 6.60. The van der Waals surface area contributed by atoms with E-state index in [1.54, 1.807) is 11.3 Å². The molecule has 0 saturated carbocycles. The Labute approximate surface area is 180 Å². The van der Waals surface area contributed by atoms with Gasteiger partial charge in [0.25, 0.3) is 5.91 Å². The van der Waals surface area contributed by atoms with Crippen molar-refractivity contribution < 1.29 is 9.59 Å². The Hall–Kier alpha value is -2.74. The molecular formula is C22H27N5O2S. The van der Waals surface area contributed by atoms with Gasteiger partial charge in [0.05, 0.1) is 26.6 Å². The van der Waals surface area contributed by atoms with Gasteiger partial charge < -0.3 is 10.2 Å². The maximum atomic E-state index is 12.9. The predicted octanol–water partition coefficient (Wildman–Crippen LogP) is 4.01. The second-order valence-electron chi connectivity index (χ2n) is 7.89. The lowest BCUT2D eigenvalue weighted by atomic mass is 9.93. The molecule has 158 valence electrons. The first-order valence-corrected chi connectivity index (χ1v) is 11.2. The van der Waals surface area contributed by atoms with Crippen molar-refractivity contribution >= 4 is 39.1 Å². The van der Waals surface area contributed by atoms with Gasteiger partial charge in [-0.3, -0.25) is 14.3 Å². The van der Waals surface area contributed by atoms with E-state index in [-0.39, 0.29) is 11.8 Å². The molecule has 1 aliphatic rings. The van der Waals surface area contributed by atoms with E-state index in [1.165, 1.54) is 0 Å². The average Bonchev–Trinajstić information content (AvgIpc) is 3.28. The molecule has 7 nitrogen and oxygen atoms in total. The van der Waals surface area contributed by atoms with E-state index in [0.29, 0.717) is 31.0 Å². The van der Waals surface area contributed by atoms with Crippen molar-refractivity contribution in [2.24, 2.45) is 5.92 Å². The molecule has 0 atom stereocenters. The van der Waals surface area contributed by atoms with Crippen molar-refractivity contribution in [3.05, 3.63) is 40.7 Å². The van der Waals surface area contributed by atoms with Crippen LogP contribution in [0.5, 0.6) is 0 Å². The predicted molar refractivity (Wildman–Crippen MR) is 119 cm³/mol. The van der Waals surface area contributed by atoms with Gasteiger partial charge in [0.1, 0.15) is 0 Å². The van der Waals surface area contributed by atoms with E-state index < -0.39 is 0 Å². The summed E-state index contributed by atoms with van der Waals surface area (Å²) in [5, 5.41) is 8.35. The summed E-state index contributed by atoms with van der Waals surface area (Å²) >= 11 is 1.61. The number of likely N-dealkylation sites (tertiary alicyclic amines) is 1. The van der Waals surface area contributed by atoms with Crippen LogP contribution in [0.1, 0.15) is 47.2 Å². The van der Waals surface area contributed by atoms with Crippen LogP contribution in [0.15, 0.2) is 24.4 Å². The van der Waals surface area contributed by atoms with Crippen molar-refractivity contribution in [1.82, 2.24) is 19.7 Å². The number of hydrogen-bond acceptors (Lipinski definition) is 5. The third kappa shape index (κ3) is 4.38. The topological polar surface area (TPSA) is 80.1 Å². The first-order chi connectivity index (χ1) is 14.4. The van der Waals surface area contributed by atoms with Gasteiger partial charge in [0.2, 0.25) is 5.91 Å². The molecule has 0 bridgehead atoms. The lowest BCUT2D eigenvalue weighted by Crippen LogP contribution is -2.39. The van der Waals surface area contributed by atoms with E-state index in [4.69, 9.17) is 0 Å². The molecule has 30 heavy (non-hydrogen) atoms. The van der Waals surface area contributed by atoms with Crippen LogP contribution in [0.2, 0.25) is 0 Å². The monoisotopic (exact) mass is 425 g/mol. The third-order valence-electron chi connectivity index (χ3n) is 5.66. The molecule has 1 fully saturated rings. The molecule has 0 unspecified atom stereocenters. The summed E-state index contributed by atoms with van der Waals surface area (Å²) in [6.07, 6.45) is 4.03. The van der Waals surface area contributed by atoms with Gasteiger partial charge >= 0.3 is 0 Å². The highest BCUT2D eigenvalue weighted by molar-refractivity contribution is 7.18. The molecule has 4 rings (SSSR count). The smallest absolute Gasteiger partial charge is 0.253 e. The molecule has 3 aromatic rings. The molecule has 2 amide bonds. The summed E-state index contributed by atoms with van der Waals surface area (Å²) in [5.41, 5.74) is 3.27. The van der Waals surface area contributed by atoms with Crippen molar-refractivity contribution in [2.45, 2.75) is 46.6 Å². The average molecular weight is 426 g/mol.